The Balaban J connectivity index is 3.34. The summed E-state index contributed by atoms with van der Waals surface area (Å²) in [5, 5.41) is 0. The van der Waals surface area contributed by atoms with Gasteiger partial charge in [0.2, 0.25) is 10.0 Å². The molecule has 0 aromatic heterocycles. The van der Waals surface area contributed by atoms with Crippen molar-refractivity contribution in [1.29, 1.82) is 0 Å². The molecule has 3 nitrogen and oxygen atoms in total. The maximum Gasteiger partial charge on any atom is 0.241 e. The molecule has 0 aliphatic heterocycles. The van der Waals surface area contributed by atoms with E-state index in [2.05, 4.69) is 20.7 Å². The molecular weight excluding hydrogens is 290 g/mol. The molecule has 0 aliphatic carbocycles. The Hall–Kier alpha value is -0.390. The first-order valence-electron chi connectivity index (χ1n) is 5.03. The molecule has 0 fully saturated rings. The summed E-state index contributed by atoms with van der Waals surface area (Å²) in [6.07, 6.45) is 0. The van der Waals surface area contributed by atoms with Crippen LogP contribution in [-0.2, 0) is 10.0 Å². The number of hydrogen-bond acceptors (Lipinski definition) is 2. The summed E-state index contributed by atoms with van der Waals surface area (Å²) in [5.41, 5.74) is 1.50. The Morgan fingerprint density at radius 1 is 1.19 bits per heavy atom. The van der Waals surface area contributed by atoms with Gasteiger partial charge in [-0.15, -0.1) is 0 Å². The summed E-state index contributed by atoms with van der Waals surface area (Å²) < 4.78 is 27.6. The second-order valence-electron chi connectivity index (χ2n) is 4.14. The van der Waals surface area contributed by atoms with Crippen LogP contribution in [0.4, 0.5) is 0 Å². The van der Waals surface area contributed by atoms with Gasteiger partial charge in [0.05, 0.1) is 4.90 Å². The average Bonchev–Trinajstić information content (AvgIpc) is 1.96. The lowest BCUT2D eigenvalue weighted by atomic mass is 10.2. The third kappa shape index (κ3) is 3.06. The van der Waals surface area contributed by atoms with E-state index in [-0.39, 0.29) is 6.04 Å². The summed E-state index contributed by atoms with van der Waals surface area (Å²) in [6.45, 7) is 7.21. The topological polar surface area (TPSA) is 46.2 Å². The number of halogens is 1. The van der Waals surface area contributed by atoms with Crippen LogP contribution >= 0.6 is 15.9 Å². The molecule has 90 valence electrons. The fraction of sp³-hybridized carbons (Fsp3) is 0.455. The lowest BCUT2D eigenvalue weighted by Crippen LogP contribution is -2.31. The fourth-order valence-corrected chi connectivity index (χ4v) is 4.08. The van der Waals surface area contributed by atoms with E-state index in [9.17, 15) is 8.42 Å². The van der Waals surface area contributed by atoms with Crippen molar-refractivity contribution in [1.82, 2.24) is 4.72 Å². The molecule has 1 aromatic carbocycles. The van der Waals surface area contributed by atoms with E-state index in [1.54, 1.807) is 27.7 Å². The van der Waals surface area contributed by atoms with E-state index in [0.717, 1.165) is 15.6 Å². The number of nitrogens with one attached hydrogen (secondary N) is 1. The maximum absolute atomic E-state index is 12.1. The highest BCUT2D eigenvalue weighted by molar-refractivity contribution is 9.10. The molecular formula is C11H16BrNO2S. The van der Waals surface area contributed by atoms with Crippen molar-refractivity contribution in [2.24, 2.45) is 0 Å². The van der Waals surface area contributed by atoms with Crippen LogP contribution in [0.25, 0.3) is 0 Å². The molecule has 5 heteroatoms. The number of aryl methyl sites for hydroxylation is 2. The lowest BCUT2D eigenvalue weighted by molar-refractivity contribution is 0.568. The highest BCUT2D eigenvalue weighted by Gasteiger charge is 2.20. The minimum atomic E-state index is -3.41. The predicted molar refractivity (Wildman–Crippen MR) is 69.1 cm³/mol. The maximum atomic E-state index is 12.1. The highest BCUT2D eigenvalue weighted by Crippen LogP contribution is 2.24. The van der Waals surface area contributed by atoms with Crippen LogP contribution in [0.2, 0.25) is 0 Å². The molecule has 0 heterocycles. The van der Waals surface area contributed by atoms with Gasteiger partial charge in [-0.25, -0.2) is 13.1 Å². The molecule has 0 saturated carbocycles. The van der Waals surface area contributed by atoms with E-state index < -0.39 is 10.0 Å². The zero-order valence-electron chi connectivity index (χ0n) is 9.83. The van der Waals surface area contributed by atoms with Crippen molar-refractivity contribution in [2.75, 3.05) is 0 Å². The van der Waals surface area contributed by atoms with Crippen molar-refractivity contribution in [3.8, 4) is 0 Å². The number of sulfonamides is 1. The number of benzene rings is 1. The summed E-state index contributed by atoms with van der Waals surface area (Å²) >= 11 is 3.35. The molecule has 1 aromatic rings. The monoisotopic (exact) mass is 305 g/mol. The molecule has 0 radical (unpaired) electrons. The van der Waals surface area contributed by atoms with E-state index >= 15 is 0 Å². The Bertz CT molecular complexity index is 472. The minimum Gasteiger partial charge on any atom is -0.209 e. The number of hydrogen-bond donors (Lipinski definition) is 1. The van der Waals surface area contributed by atoms with Gasteiger partial charge in [0, 0.05) is 10.5 Å². The van der Waals surface area contributed by atoms with Crippen molar-refractivity contribution >= 4 is 26.0 Å². The first-order valence-corrected chi connectivity index (χ1v) is 7.30. The highest BCUT2D eigenvalue weighted by atomic mass is 79.9. The van der Waals surface area contributed by atoms with Crippen LogP contribution in [0.15, 0.2) is 21.5 Å². The van der Waals surface area contributed by atoms with Crippen LogP contribution in [0.3, 0.4) is 0 Å². The molecule has 0 unspecified atom stereocenters. The van der Waals surface area contributed by atoms with Gasteiger partial charge in [-0.05, 0) is 51.0 Å². The Kier molecular flexibility index (Phi) is 4.15. The molecule has 0 atom stereocenters. The van der Waals surface area contributed by atoms with Gasteiger partial charge in [-0.2, -0.15) is 0 Å². The van der Waals surface area contributed by atoms with Crippen molar-refractivity contribution in [3.05, 3.63) is 27.7 Å². The smallest absolute Gasteiger partial charge is 0.209 e. The summed E-state index contributed by atoms with van der Waals surface area (Å²) in [6, 6.07) is 3.51. The molecule has 0 aliphatic rings. The Labute approximate surface area is 105 Å². The lowest BCUT2D eigenvalue weighted by Gasteiger charge is -2.14. The van der Waals surface area contributed by atoms with Gasteiger partial charge in [0.25, 0.3) is 0 Å². The van der Waals surface area contributed by atoms with Crippen LogP contribution in [-0.4, -0.2) is 14.5 Å². The molecule has 1 N–H and O–H groups in total. The van der Waals surface area contributed by atoms with Crippen LogP contribution < -0.4 is 4.72 Å². The second-order valence-corrected chi connectivity index (χ2v) is 6.71. The summed E-state index contributed by atoms with van der Waals surface area (Å²) in [7, 11) is -3.41. The molecule has 16 heavy (non-hydrogen) atoms. The van der Waals surface area contributed by atoms with Crippen LogP contribution in [0, 0.1) is 13.8 Å². The number of rotatable bonds is 3. The SMILES string of the molecule is Cc1cc(Br)cc(C)c1S(=O)(=O)NC(C)C. The Morgan fingerprint density at radius 3 is 2.00 bits per heavy atom. The second kappa shape index (κ2) is 4.85. The fourth-order valence-electron chi connectivity index (χ4n) is 1.69. The summed E-state index contributed by atoms with van der Waals surface area (Å²) in [5.74, 6) is 0. The van der Waals surface area contributed by atoms with Crippen molar-refractivity contribution in [2.45, 2.75) is 38.6 Å². The van der Waals surface area contributed by atoms with E-state index in [1.807, 2.05) is 12.1 Å². The zero-order valence-corrected chi connectivity index (χ0v) is 12.2. The van der Waals surface area contributed by atoms with Gasteiger partial charge in [0.15, 0.2) is 0 Å². The van der Waals surface area contributed by atoms with Gasteiger partial charge in [-0.1, -0.05) is 15.9 Å². The third-order valence-electron chi connectivity index (χ3n) is 2.08. The molecule has 0 bridgehead atoms. The van der Waals surface area contributed by atoms with Gasteiger partial charge >= 0.3 is 0 Å². The normalized spacial score (nSPS) is 12.1. The minimum absolute atomic E-state index is 0.104. The van der Waals surface area contributed by atoms with Crippen LogP contribution in [0.5, 0.6) is 0 Å². The first-order chi connectivity index (χ1) is 7.24. The largest absolute Gasteiger partial charge is 0.241 e. The third-order valence-corrected chi connectivity index (χ3v) is 4.51. The van der Waals surface area contributed by atoms with E-state index in [4.69, 9.17) is 0 Å². The quantitative estimate of drug-likeness (QED) is 0.933. The summed E-state index contributed by atoms with van der Waals surface area (Å²) in [4.78, 5) is 0.379. The van der Waals surface area contributed by atoms with Gasteiger partial charge < -0.3 is 0 Å². The van der Waals surface area contributed by atoms with Crippen molar-refractivity contribution < 1.29 is 8.42 Å². The average molecular weight is 306 g/mol. The van der Waals surface area contributed by atoms with E-state index in [1.165, 1.54) is 0 Å². The zero-order chi connectivity index (χ0) is 12.5. The standard InChI is InChI=1S/C11H16BrNO2S/c1-7(2)13-16(14,15)11-8(3)5-10(12)6-9(11)4/h5-7,13H,1-4H3. The van der Waals surface area contributed by atoms with Gasteiger partial charge in [0.1, 0.15) is 0 Å². The van der Waals surface area contributed by atoms with Crippen LogP contribution in [0.1, 0.15) is 25.0 Å². The molecule has 0 spiro atoms. The first kappa shape index (κ1) is 13.7. The van der Waals surface area contributed by atoms with E-state index in [0.29, 0.717) is 4.90 Å². The van der Waals surface area contributed by atoms with Gasteiger partial charge in [-0.3, -0.25) is 0 Å². The Morgan fingerprint density at radius 2 is 1.62 bits per heavy atom. The molecule has 0 saturated heterocycles. The predicted octanol–water partition coefficient (Wildman–Crippen LogP) is 2.75. The molecule has 1 rings (SSSR count). The van der Waals surface area contributed by atoms with Crippen molar-refractivity contribution in [3.63, 3.8) is 0 Å². The molecule has 0 amide bonds.